The number of halogens is 1. The van der Waals surface area contributed by atoms with Crippen molar-refractivity contribution in [1.29, 1.82) is 0 Å². The van der Waals surface area contributed by atoms with E-state index in [0.29, 0.717) is 19.5 Å². The fourth-order valence-corrected chi connectivity index (χ4v) is 3.93. The Morgan fingerprint density at radius 1 is 1.20 bits per heavy atom. The summed E-state index contributed by atoms with van der Waals surface area (Å²) in [6.45, 7) is 6.86. The molecule has 1 aromatic carbocycles. The molecule has 25 heavy (non-hydrogen) atoms. The zero-order valence-electron chi connectivity index (χ0n) is 15.0. The average molecular weight is 409 g/mol. The fourth-order valence-electron chi connectivity index (χ4n) is 3.52. The van der Waals surface area contributed by atoms with Crippen LogP contribution in [0.25, 0.3) is 0 Å². The summed E-state index contributed by atoms with van der Waals surface area (Å²) < 4.78 is 6.49. The number of fused-ring (bicyclic) bond motifs is 1. The Morgan fingerprint density at radius 2 is 1.88 bits per heavy atom. The maximum Gasteiger partial charge on any atom is 0.410 e. The molecule has 1 aromatic rings. The highest BCUT2D eigenvalue weighted by molar-refractivity contribution is 9.10. The monoisotopic (exact) mass is 408 g/mol. The van der Waals surface area contributed by atoms with Gasteiger partial charge in [-0.2, -0.15) is 0 Å². The minimum Gasteiger partial charge on any atom is -0.444 e. The Kier molecular flexibility index (Phi) is 5.09. The van der Waals surface area contributed by atoms with E-state index in [-0.39, 0.29) is 18.0 Å². The van der Waals surface area contributed by atoms with Crippen LogP contribution in [0.4, 0.5) is 10.5 Å². The molecular weight excluding hydrogens is 384 g/mol. The molecule has 0 N–H and O–H groups in total. The summed E-state index contributed by atoms with van der Waals surface area (Å²) in [6, 6.07) is 6.26. The van der Waals surface area contributed by atoms with Crippen LogP contribution in [0.5, 0.6) is 0 Å². The van der Waals surface area contributed by atoms with Crippen LogP contribution in [0.3, 0.4) is 0 Å². The molecule has 0 spiro atoms. The summed E-state index contributed by atoms with van der Waals surface area (Å²) in [5.74, 6) is 0.186. The van der Waals surface area contributed by atoms with Gasteiger partial charge in [0.2, 0.25) is 5.91 Å². The van der Waals surface area contributed by atoms with Crippen LogP contribution in [0.2, 0.25) is 0 Å². The lowest BCUT2D eigenvalue weighted by Crippen LogP contribution is -2.51. The van der Waals surface area contributed by atoms with Crippen LogP contribution in [0, 0.1) is 0 Å². The number of anilines is 1. The van der Waals surface area contributed by atoms with Crippen molar-refractivity contribution < 1.29 is 14.3 Å². The molecule has 6 heteroatoms. The lowest BCUT2D eigenvalue weighted by Gasteiger charge is -2.41. The Hall–Kier alpha value is -1.56. The van der Waals surface area contributed by atoms with Crippen molar-refractivity contribution >= 4 is 33.6 Å². The first-order chi connectivity index (χ1) is 11.7. The number of benzene rings is 1. The van der Waals surface area contributed by atoms with E-state index in [1.165, 1.54) is 5.56 Å². The van der Waals surface area contributed by atoms with Gasteiger partial charge in [0.05, 0.1) is 0 Å². The highest BCUT2D eigenvalue weighted by atomic mass is 79.9. The molecule has 0 bridgehead atoms. The number of carbonyl (C=O) groups excluding carboxylic acids is 2. The van der Waals surface area contributed by atoms with Crippen LogP contribution >= 0.6 is 15.9 Å². The lowest BCUT2D eigenvalue weighted by atomic mass is 9.95. The molecule has 1 fully saturated rings. The van der Waals surface area contributed by atoms with E-state index in [2.05, 4.69) is 22.0 Å². The predicted octanol–water partition coefficient (Wildman–Crippen LogP) is 4.13. The second-order valence-electron chi connectivity index (χ2n) is 7.74. The smallest absolute Gasteiger partial charge is 0.410 e. The van der Waals surface area contributed by atoms with E-state index in [1.54, 1.807) is 4.90 Å². The molecule has 0 radical (unpaired) electrons. The van der Waals surface area contributed by atoms with Crippen LogP contribution < -0.4 is 4.90 Å². The van der Waals surface area contributed by atoms with Gasteiger partial charge in [0, 0.05) is 35.7 Å². The number of nitrogens with zero attached hydrogens (tertiary/aromatic N) is 2. The predicted molar refractivity (Wildman–Crippen MR) is 101 cm³/mol. The van der Waals surface area contributed by atoms with E-state index in [9.17, 15) is 9.59 Å². The lowest BCUT2D eigenvalue weighted by molar-refractivity contribution is -0.119. The molecule has 2 aliphatic heterocycles. The third-order valence-corrected chi connectivity index (χ3v) is 5.15. The second kappa shape index (κ2) is 6.98. The average Bonchev–Trinajstić information content (AvgIpc) is 2.53. The minimum atomic E-state index is -0.483. The van der Waals surface area contributed by atoms with Crippen molar-refractivity contribution in [2.45, 2.75) is 58.1 Å². The van der Waals surface area contributed by atoms with Gasteiger partial charge in [-0.3, -0.25) is 4.79 Å². The van der Waals surface area contributed by atoms with Crippen LogP contribution in [-0.4, -0.2) is 41.6 Å². The topological polar surface area (TPSA) is 49.9 Å². The standard InChI is InChI=1S/C19H25BrN2O3/c1-19(2,3)25-18(24)21-10-8-15(9-11-21)22-16-6-5-14(20)12-13(16)4-7-17(22)23/h5-6,12,15H,4,7-11H2,1-3H3. The van der Waals surface area contributed by atoms with Crippen molar-refractivity contribution in [2.75, 3.05) is 18.0 Å². The zero-order chi connectivity index (χ0) is 18.2. The number of hydrogen-bond acceptors (Lipinski definition) is 3. The van der Waals surface area contributed by atoms with Gasteiger partial charge in [-0.15, -0.1) is 0 Å². The summed E-state index contributed by atoms with van der Waals surface area (Å²) in [4.78, 5) is 28.5. The van der Waals surface area contributed by atoms with Crippen molar-refractivity contribution in [1.82, 2.24) is 4.90 Å². The van der Waals surface area contributed by atoms with Crippen LogP contribution in [0.15, 0.2) is 22.7 Å². The van der Waals surface area contributed by atoms with Crippen LogP contribution in [0.1, 0.15) is 45.6 Å². The number of ether oxygens (including phenoxy) is 1. The number of amides is 2. The summed E-state index contributed by atoms with van der Waals surface area (Å²) in [5.41, 5.74) is 1.75. The Morgan fingerprint density at radius 3 is 2.52 bits per heavy atom. The number of rotatable bonds is 1. The first-order valence-corrected chi connectivity index (χ1v) is 9.62. The minimum absolute atomic E-state index is 0.145. The molecule has 3 rings (SSSR count). The number of carbonyl (C=O) groups is 2. The van der Waals surface area contributed by atoms with E-state index >= 15 is 0 Å². The van der Waals surface area contributed by atoms with Gasteiger partial charge in [-0.1, -0.05) is 15.9 Å². The molecular formula is C19H25BrN2O3. The van der Waals surface area contributed by atoms with E-state index in [4.69, 9.17) is 4.74 Å². The third-order valence-electron chi connectivity index (χ3n) is 4.66. The first kappa shape index (κ1) is 18.2. The highest BCUT2D eigenvalue weighted by Gasteiger charge is 2.34. The molecule has 0 saturated carbocycles. The van der Waals surface area contributed by atoms with Gasteiger partial charge in [0.25, 0.3) is 0 Å². The van der Waals surface area contributed by atoms with Crippen molar-refractivity contribution in [3.05, 3.63) is 28.2 Å². The van der Waals surface area contributed by atoms with Crippen LogP contribution in [-0.2, 0) is 16.0 Å². The third kappa shape index (κ3) is 4.17. The number of hydrogen-bond donors (Lipinski definition) is 0. The maximum atomic E-state index is 12.6. The molecule has 0 aliphatic carbocycles. The number of piperidine rings is 1. The van der Waals surface area contributed by atoms with Gasteiger partial charge in [0.15, 0.2) is 0 Å². The molecule has 2 aliphatic rings. The molecule has 2 amide bonds. The largest absolute Gasteiger partial charge is 0.444 e. The first-order valence-electron chi connectivity index (χ1n) is 8.83. The van der Waals surface area contributed by atoms with Gasteiger partial charge >= 0.3 is 6.09 Å². The molecule has 5 nitrogen and oxygen atoms in total. The zero-order valence-corrected chi connectivity index (χ0v) is 16.6. The Bertz CT molecular complexity index is 676. The number of likely N-dealkylation sites (tertiary alicyclic amines) is 1. The summed E-state index contributed by atoms with van der Waals surface area (Å²) in [7, 11) is 0. The van der Waals surface area contributed by atoms with E-state index in [1.807, 2.05) is 37.8 Å². The van der Waals surface area contributed by atoms with E-state index < -0.39 is 5.60 Å². The van der Waals surface area contributed by atoms with E-state index in [0.717, 1.165) is 29.4 Å². The molecule has 2 heterocycles. The quantitative estimate of drug-likeness (QED) is 0.701. The number of aryl methyl sites for hydroxylation is 1. The Labute approximate surface area is 157 Å². The second-order valence-corrected chi connectivity index (χ2v) is 8.65. The summed E-state index contributed by atoms with van der Waals surface area (Å²) in [5, 5.41) is 0. The SMILES string of the molecule is CC(C)(C)OC(=O)N1CCC(N2C(=O)CCc3cc(Br)ccc32)CC1. The summed E-state index contributed by atoms with van der Waals surface area (Å²) in [6.07, 6.45) is 2.64. The Balaban J connectivity index is 1.69. The fraction of sp³-hybridized carbons (Fsp3) is 0.579. The highest BCUT2D eigenvalue weighted by Crippen LogP contribution is 2.34. The van der Waals surface area contributed by atoms with Gasteiger partial charge in [0.1, 0.15) is 5.60 Å². The molecule has 0 atom stereocenters. The van der Waals surface area contributed by atoms with Gasteiger partial charge in [-0.05, 0) is 63.8 Å². The summed E-state index contributed by atoms with van der Waals surface area (Å²) >= 11 is 3.51. The van der Waals surface area contributed by atoms with Gasteiger partial charge < -0.3 is 14.5 Å². The maximum absolute atomic E-state index is 12.6. The molecule has 1 saturated heterocycles. The molecule has 0 aromatic heterocycles. The van der Waals surface area contributed by atoms with Crippen molar-refractivity contribution in [2.24, 2.45) is 0 Å². The molecule has 0 unspecified atom stereocenters. The van der Waals surface area contributed by atoms with Crippen molar-refractivity contribution in [3.63, 3.8) is 0 Å². The molecule has 136 valence electrons. The van der Waals surface area contributed by atoms with Gasteiger partial charge in [-0.25, -0.2) is 4.79 Å². The normalized spacial score (nSPS) is 19.0. The van der Waals surface area contributed by atoms with Crippen molar-refractivity contribution in [3.8, 4) is 0 Å².